The quantitative estimate of drug-likeness (QED) is 0.0262. The fraction of sp³-hybridized carbons (Fsp3) is 0.836. The number of ether oxygens (including phenoxy) is 3. The van der Waals surface area contributed by atoms with Crippen LogP contribution >= 0.6 is 0 Å². The van der Waals surface area contributed by atoms with Crippen molar-refractivity contribution in [2.24, 2.45) is 0 Å². The Labute approximate surface area is 378 Å². The van der Waals surface area contributed by atoms with Crippen molar-refractivity contribution >= 4 is 17.9 Å². The van der Waals surface area contributed by atoms with Crippen molar-refractivity contribution in [1.29, 1.82) is 0 Å². The maximum atomic E-state index is 12.8. The SMILES string of the molecule is CCCCC/C=C\C/C=C\CCCCCCCC(=O)O[C@H](COC(=O)CCCCCCC/C=C\CCCCC)COC(=O)CCCCCCCCCCCCCCCCCC. The first kappa shape index (κ1) is 58.6. The normalized spacial score (nSPS) is 12.2. The average molecular weight is 857 g/mol. The number of hydrogen-bond donors (Lipinski definition) is 0. The molecule has 0 heterocycles. The molecule has 0 rings (SSSR count). The van der Waals surface area contributed by atoms with Crippen LogP contribution in [0.4, 0.5) is 0 Å². The Bertz CT molecular complexity index is 1030. The molecule has 0 amide bonds. The van der Waals surface area contributed by atoms with E-state index >= 15 is 0 Å². The Hall–Kier alpha value is -2.37. The molecule has 6 nitrogen and oxygen atoms in total. The van der Waals surface area contributed by atoms with Crippen LogP contribution in [0.5, 0.6) is 0 Å². The van der Waals surface area contributed by atoms with E-state index in [-0.39, 0.29) is 31.1 Å². The Balaban J connectivity index is 4.37. The smallest absolute Gasteiger partial charge is 0.306 e. The van der Waals surface area contributed by atoms with E-state index in [2.05, 4.69) is 57.2 Å². The van der Waals surface area contributed by atoms with Crippen LogP contribution in [0.15, 0.2) is 36.5 Å². The molecule has 6 heteroatoms. The van der Waals surface area contributed by atoms with Gasteiger partial charge in [0.05, 0.1) is 0 Å². The van der Waals surface area contributed by atoms with Gasteiger partial charge in [-0.1, -0.05) is 218 Å². The first-order valence-electron chi connectivity index (χ1n) is 26.5. The third-order valence-electron chi connectivity index (χ3n) is 11.6. The van der Waals surface area contributed by atoms with Gasteiger partial charge in [0.2, 0.25) is 0 Å². The molecule has 0 saturated carbocycles. The van der Waals surface area contributed by atoms with Crippen LogP contribution in [0, 0.1) is 0 Å². The second-order valence-electron chi connectivity index (χ2n) is 17.8. The molecule has 0 fully saturated rings. The van der Waals surface area contributed by atoms with E-state index < -0.39 is 6.10 Å². The summed E-state index contributed by atoms with van der Waals surface area (Å²) in [6, 6.07) is 0. The largest absolute Gasteiger partial charge is 0.462 e. The van der Waals surface area contributed by atoms with Crippen molar-refractivity contribution in [2.45, 2.75) is 284 Å². The van der Waals surface area contributed by atoms with Crippen LogP contribution in [0.3, 0.4) is 0 Å². The van der Waals surface area contributed by atoms with E-state index in [4.69, 9.17) is 14.2 Å². The van der Waals surface area contributed by atoms with Gasteiger partial charge in [-0.05, 0) is 77.0 Å². The van der Waals surface area contributed by atoms with Crippen LogP contribution in [0.2, 0.25) is 0 Å². The zero-order valence-corrected chi connectivity index (χ0v) is 40.7. The molecule has 0 N–H and O–H groups in total. The fourth-order valence-electron chi connectivity index (χ4n) is 7.59. The van der Waals surface area contributed by atoms with Crippen molar-refractivity contribution < 1.29 is 28.6 Å². The molecule has 0 saturated heterocycles. The van der Waals surface area contributed by atoms with Crippen LogP contribution in [-0.2, 0) is 28.6 Å². The van der Waals surface area contributed by atoms with Gasteiger partial charge in [0.1, 0.15) is 13.2 Å². The molecule has 0 aromatic carbocycles. The number of hydrogen-bond acceptors (Lipinski definition) is 6. The van der Waals surface area contributed by atoms with Crippen LogP contribution in [-0.4, -0.2) is 37.2 Å². The van der Waals surface area contributed by atoms with Gasteiger partial charge < -0.3 is 14.2 Å². The summed E-state index contributed by atoms with van der Waals surface area (Å²) in [4.78, 5) is 38.0. The molecule has 0 unspecified atom stereocenters. The molecular formula is C55H100O6. The second kappa shape index (κ2) is 50.3. The van der Waals surface area contributed by atoms with Crippen molar-refractivity contribution in [2.75, 3.05) is 13.2 Å². The average Bonchev–Trinajstić information content (AvgIpc) is 3.26. The number of carbonyl (C=O) groups excluding carboxylic acids is 3. The van der Waals surface area contributed by atoms with Gasteiger partial charge >= 0.3 is 17.9 Å². The topological polar surface area (TPSA) is 78.9 Å². The van der Waals surface area contributed by atoms with Crippen molar-refractivity contribution in [3.8, 4) is 0 Å². The third-order valence-corrected chi connectivity index (χ3v) is 11.6. The number of unbranched alkanes of at least 4 members (excludes halogenated alkanes) is 31. The van der Waals surface area contributed by atoms with Gasteiger partial charge in [0.25, 0.3) is 0 Å². The highest BCUT2D eigenvalue weighted by molar-refractivity contribution is 5.71. The summed E-state index contributed by atoms with van der Waals surface area (Å²) in [7, 11) is 0. The summed E-state index contributed by atoms with van der Waals surface area (Å²) in [5.74, 6) is -0.890. The Kier molecular flexibility index (Phi) is 48.3. The molecular weight excluding hydrogens is 757 g/mol. The Morgan fingerprint density at radius 1 is 0.328 bits per heavy atom. The first-order chi connectivity index (χ1) is 30.0. The molecule has 0 bridgehead atoms. The molecule has 61 heavy (non-hydrogen) atoms. The summed E-state index contributed by atoms with van der Waals surface area (Å²) < 4.78 is 16.8. The zero-order valence-electron chi connectivity index (χ0n) is 40.7. The summed E-state index contributed by atoms with van der Waals surface area (Å²) in [6.45, 7) is 6.59. The molecule has 1 atom stereocenters. The minimum atomic E-state index is -0.779. The predicted octanol–water partition coefficient (Wildman–Crippen LogP) is 17.3. The first-order valence-corrected chi connectivity index (χ1v) is 26.5. The van der Waals surface area contributed by atoms with Gasteiger partial charge in [0.15, 0.2) is 6.10 Å². The van der Waals surface area contributed by atoms with E-state index in [9.17, 15) is 14.4 Å². The van der Waals surface area contributed by atoms with Gasteiger partial charge in [-0.2, -0.15) is 0 Å². The van der Waals surface area contributed by atoms with Crippen LogP contribution in [0.1, 0.15) is 278 Å². The Morgan fingerprint density at radius 2 is 0.590 bits per heavy atom. The number of rotatable bonds is 48. The van der Waals surface area contributed by atoms with Crippen molar-refractivity contribution in [3.63, 3.8) is 0 Å². The van der Waals surface area contributed by atoms with E-state index in [0.717, 1.165) is 89.9 Å². The monoisotopic (exact) mass is 857 g/mol. The minimum Gasteiger partial charge on any atom is -0.462 e. The molecule has 0 aliphatic rings. The van der Waals surface area contributed by atoms with Crippen molar-refractivity contribution in [3.05, 3.63) is 36.5 Å². The lowest BCUT2D eigenvalue weighted by atomic mass is 10.0. The van der Waals surface area contributed by atoms with Crippen LogP contribution in [0.25, 0.3) is 0 Å². The second-order valence-corrected chi connectivity index (χ2v) is 17.8. The number of carbonyl (C=O) groups is 3. The Morgan fingerprint density at radius 3 is 0.951 bits per heavy atom. The lowest BCUT2D eigenvalue weighted by Crippen LogP contribution is -2.30. The summed E-state index contributed by atoms with van der Waals surface area (Å²) >= 11 is 0. The highest BCUT2D eigenvalue weighted by Crippen LogP contribution is 2.16. The molecule has 0 aliphatic heterocycles. The lowest BCUT2D eigenvalue weighted by molar-refractivity contribution is -0.167. The van der Waals surface area contributed by atoms with Crippen LogP contribution < -0.4 is 0 Å². The molecule has 0 aromatic rings. The predicted molar refractivity (Wildman–Crippen MR) is 261 cm³/mol. The van der Waals surface area contributed by atoms with Crippen molar-refractivity contribution in [1.82, 2.24) is 0 Å². The molecule has 0 aliphatic carbocycles. The highest BCUT2D eigenvalue weighted by atomic mass is 16.6. The van der Waals surface area contributed by atoms with Gasteiger partial charge in [-0.25, -0.2) is 0 Å². The minimum absolute atomic E-state index is 0.0775. The summed E-state index contributed by atoms with van der Waals surface area (Å²) in [5.41, 5.74) is 0. The lowest BCUT2D eigenvalue weighted by Gasteiger charge is -2.18. The molecule has 0 spiro atoms. The summed E-state index contributed by atoms with van der Waals surface area (Å²) in [5, 5.41) is 0. The molecule has 356 valence electrons. The van der Waals surface area contributed by atoms with Gasteiger partial charge in [0, 0.05) is 19.3 Å². The fourth-order valence-corrected chi connectivity index (χ4v) is 7.59. The van der Waals surface area contributed by atoms with E-state index in [1.54, 1.807) is 0 Å². The summed E-state index contributed by atoms with van der Waals surface area (Å²) in [6.07, 6.45) is 58.4. The maximum absolute atomic E-state index is 12.8. The standard InChI is InChI=1S/C55H100O6/c1-4-7-10-13-16-19-22-25-27-29-30-33-36-39-42-45-48-54(57)60-51-52(50-59-53(56)47-44-41-38-35-32-24-21-18-15-12-9-6-3)61-55(58)49-46-43-40-37-34-31-28-26-23-20-17-14-11-8-5-2/h17-18,20-21,26,28,52H,4-16,19,22-25,27,29-51H2,1-3H3/b20-17-,21-18-,28-26-/t52-/m1/s1. The van der Waals surface area contributed by atoms with E-state index in [0.29, 0.717) is 19.3 Å². The van der Waals surface area contributed by atoms with E-state index in [1.807, 2.05) is 0 Å². The van der Waals surface area contributed by atoms with Gasteiger partial charge in [-0.15, -0.1) is 0 Å². The number of esters is 3. The van der Waals surface area contributed by atoms with Gasteiger partial charge in [-0.3, -0.25) is 14.4 Å². The molecule has 0 aromatic heterocycles. The van der Waals surface area contributed by atoms with E-state index in [1.165, 1.54) is 148 Å². The highest BCUT2D eigenvalue weighted by Gasteiger charge is 2.19. The zero-order chi connectivity index (χ0) is 44.4. The number of allylic oxidation sites excluding steroid dienone is 6. The maximum Gasteiger partial charge on any atom is 0.306 e. The third kappa shape index (κ3) is 48.5. The molecule has 0 radical (unpaired) electrons.